The van der Waals surface area contributed by atoms with E-state index in [0.717, 1.165) is 44.6 Å². The average molecular weight is 268 g/mol. The van der Waals surface area contributed by atoms with Crippen LogP contribution in [0.2, 0.25) is 5.15 Å². The monoisotopic (exact) mass is 267 g/mol. The fourth-order valence-corrected chi connectivity index (χ4v) is 2.37. The lowest BCUT2D eigenvalue weighted by atomic mass is 10.1. The van der Waals surface area contributed by atoms with Crippen molar-refractivity contribution in [2.24, 2.45) is 0 Å². The summed E-state index contributed by atoms with van der Waals surface area (Å²) in [6, 6.07) is 2.03. The molecule has 1 fully saturated rings. The first-order chi connectivity index (χ1) is 8.70. The summed E-state index contributed by atoms with van der Waals surface area (Å²) in [7, 11) is 0. The second-order valence-corrected chi connectivity index (χ2v) is 4.99. The zero-order valence-corrected chi connectivity index (χ0v) is 11.4. The van der Waals surface area contributed by atoms with Crippen LogP contribution in [0, 0.1) is 6.92 Å². The Kier molecular flexibility index (Phi) is 4.69. The van der Waals surface area contributed by atoms with Crippen LogP contribution < -0.4 is 0 Å². The standard InChI is InChI=1S/C13H18ClN3O/c1-11-12(2-3-15-13(11)14)10-17-6-4-16(5-7-17)8-9-18/h2-3,9H,4-8,10H2,1H3. The van der Waals surface area contributed by atoms with Crippen LogP contribution in [0.5, 0.6) is 0 Å². The molecule has 1 aromatic rings. The summed E-state index contributed by atoms with van der Waals surface area (Å²) >= 11 is 6.02. The zero-order chi connectivity index (χ0) is 13.0. The number of aromatic nitrogens is 1. The zero-order valence-electron chi connectivity index (χ0n) is 10.6. The fourth-order valence-electron chi connectivity index (χ4n) is 2.19. The van der Waals surface area contributed by atoms with E-state index in [1.807, 2.05) is 13.0 Å². The molecule has 0 amide bonds. The predicted octanol–water partition coefficient (Wildman–Crippen LogP) is 1.36. The number of aldehydes is 1. The first kappa shape index (κ1) is 13.5. The van der Waals surface area contributed by atoms with Gasteiger partial charge < -0.3 is 4.79 Å². The number of carbonyl (C=O) groups is 1. The van der Waals surface area contributed by atoms with Crippen molar-refractivity contribution < 1.29 is 4.79 Å². The third-order valence-corrected chi connectivity index (χ3v) is 3.83. The molecule has 0 spiro atoms. The molecular weight excluding hydrogens is 250 g/mol. The highest BCUT2D eigenvalue weighted by Gasteiger charge is 2.17. The van der Waals surface area contributed by atoms with Crippen molar-refractivity contribution >= 4 is 17.9 Å². The van der Waals surface area contributed by atoms with Crippen molar-refractivity contribution in [1.82, 2.24) is 14.8 Å². The van der Waals surface area contributed by atoms with E-state index in [9.17, 15) is 4.79 Å². The molecule has 5 heteroatoms. The molecule has 0 unspecified atom stereocenters. The number of nitrogens with zero attached hydrogens (tertiary/aromatic N) is 3. The lowest BCUT2D eigenvalue weighted by Crippen LogP contribution is -2.46. The first-order valence-corrected chi connectivity index (χ1v) is 6.57. The van der Waals surface area contributed by atoms with Crippen molar-refractivity contribution in [3.63, 3.8) is 0 Å². The van der Waals surface area contributed by atoms with Crippen LogP contribution in [0.4, 0.5) is 0 Å². The van der Waals surface area contributed by atoms with Crippen LogP contribution >= 0.6 is 11.6 Å². The van der Waals surface area contributed by atoms with Gasteiger partial charge in [-0.1, -0.05) is 11.6 Å². The first-order valence-electron chi connectivity index (χ1n) is 6.19. The van der Waals surface area contributed by atoms with Gasteiger partial charge in [0.25, 0.3) is 0 Å². The van der Waals surface area contributed by atoms with Gasteiger partial charge in [0.2, 0.25) is 0 Å². The third-order valence-electron chi connectivity index (χ3n) is 3.45. The minimum Gasteiger partial charge on any atom is -0.302 e. The second kappa shape index (κ2) is 6.27. The van der Waals surface area contributed by atoms with Crippen LogP contribution in [0.25, 0.3) is 0 Å². The molecule has 1 saturated heterocycles. The molecule has 1 aromatic heterocycles. The molecule has 2 heterocycles. The van der Waals surface area contributed by atoms with Crippen LogP contribution in [0.15, 0.2) is 12.3 Å². The maximum atomic E-state index is 10.5. The van der Waals surface area contributed by atoms with E-state index in [1.165, 1.54) is 5.56 Å². The molecule has 0 saturated carbocycles. The van der Waals surface area contributed by atoms with E-state index in [-0.39, 0.29) is 0 Å². The van der Waals surface area contributed by atoms with Crippen molar-refractivity contribution in [1.29, 1.82) is 0 Å². The maximum Gasteiger partial charge on any atom is 0.133 e. The van der Waals surface area contributed by atoms with E-state index < -0.39 is 0 Å². The van der Waals surface area contributed by atoms with Crippen molar-refractivity contribution in [2.45, 2.75) is 13.5 Å². The molecule has 2 rings (SSSR count). The minimum absolute atomic E-state index is 0.550. The molecule has 1 aliphatic heterocycles. The topological polar surface area (TPSA) is 36.4 Å². The Balaban J connectivity index is 1.91. The van der Waals surface area contributed by atoms with Gasteiger partial charge in [0.15, 0.2) is 0 Å². The number of piperazine rings is 1. The molecule has 0 radical (unpaired) electrons. The number of halogens is 1. The molecule has 4 nitrogen and oxygen atoms in total. The summed E-state index contributed by atoms with van der Waals surface area (Å²) in [6.45, 7) is 7.36. The maximum absolute atomic E-state index is 10.5. The van der Waals surface area contributed by atoms with Crippen LogP contribution in [-0.2, 0) is 11.3 Å². The molecule has 1 aliphatic rings. The summed E-state index contributed by atoms with van der Waals surface area (Å²) in [5.74, 6) is 0. The average Bonchev–Trinajstić information content (AvgIpc) is 2.38. The lowest BCUT2D eigenvalue weighted by molar-refractivity contribution is -0.109. The van der Waals surface area contributed by atoms with Gasteiger partial charge in [-0.15, -0.1) is 0 Å². The Bertz CT molecular complexity index is 417. The smallest absolute Gasteiger partial charge is 0.133 e. The number of pyridine rings is 1. The van der Waals surface area contributed by atoms with E-state index in [4.69, 9.17) is 11.6 Å². The number of hydrogen-bond donors (Lipinski definition) is 0. The molecule has 0 aromatic carbocycles. The van der Waals surface area contributed by atoms with Gasteiger partial charge in [0.1, 0.15) is 11.4 Å². The highest BCUT2D eigenvalue weighted by Crippen LogP contribution is 2.18. The van der Waals surface area contributed by atoms with Gasteiger partial charge in [-0.3, -0.25) is 9.80 Å². The predicted molar refractivity (Wildman–Crippen MR) is 71.8 cm³/mol. The van der Waals surface area contributed by atoms with E-state index in [1.54, 1.807) is 6.20 Å². The van der Waals surface area contributed by atoms with Crippen LogP contribution in [-0.4, -0.2) is 53.8 Å². The summed E-state index contributed by atoms with van der Waals surface area (Å²) in [5.41, 5.74) is 2.30. The summed E-state index contributed by atoms with van der Waals surface area (Å²) in [5, 5.41) is 0.590. The Morgan fingerprint density at radius 2 is 2.00 bits per heavy atom. The Labute approximate surface area is 113 Å². The van der Waals surface area contributed by atoms with Gasteiger partial charge in [0, 0.05) is 38.9 Å². The minimum atomic E-state index is 0.550. The second-order valence-electron chi connectivity index (χ2n) is 4.63. The highest BCUT2D eigenvalue weighted by atomic mass is 35.5. The molecular formula is C13H18ClN3O. The van der Waals surface area contributed by atoms with Crippen molar-refractivity contribution in [3.05, 3.63) is 28.5 Å². The normalized spacial score (nSPS) is 17.9. The van der Waals surface area contributed by atoms with E-state index >= 15 is 0 Å². The summed E-state index contributed by atoms with van der Waals surface area (Å²) in [4.78, 5) is 19.1. The quantitative estimate of drug-likeness (QED) is 0.610. The van der Waals surface area contributed by atoms with Gasteiger partial charge in [0.05, 0.1) is 6.54 Å². The Hall–Kier alpha value is -0.970. The number of rotatable bonds is 4. The van der Waals surface area contributed by atoms with Crippen LogP contribution in [0.3, 0.4) is 0 Å². The lowest BCUT2D eigenvalue weighted by Gasteiger charge is -2.33. The molecule has 0 atom stereocenters. The molecule has 0 bridgehead atoms. The number of carbonyl (C=O) groups excluding carboxylic acids is 1. The van der Waals surface area contributed by atoms with Crippen molar-refractivity contribution in [2.75, 3.05) is 32.7 Å². The van der Waals surface area contributed by atoms with Gasteiger partial charge in [-0.2, -0.15) is 0 Å². The van der Waals surface area contributed by atoms with E-state index in [2.05, 4.69) is 14.8 Å². The largest absolute Gasteiger partial charge is 0.302 e. The van der Waals surface area contributed by atoms with Crippen molar-refractivity contribution in [3.8, 4) is 0 Å². The van der Waals surface area contributed by atoms with Gasteiger partial charge in [-0.05, 0) is 24.1 Å². The molecule has 0 aliphatic carbocycles. The Morgan fingerprint density at radius 3 is 2.67 bits per heavy atom. The molecule has 98 valence electrons. The number of hydrogen-bond acceptors (Lipinski definition) is 4. The van der Waals surface area contributed by atoms with Crippen LogP contribution in [0.1, 0.15) is 11.1 Å². The highest BCUT2D eigenvalue weighted by molar-refractivity contribution is 6.30. The fraction of sp³-hybridized carbons (Fsp3) is 0.538. The van der Waals surface area contributed by atoms with Gasteiger partial charge >= 0.3 is 0 Å². The summed E-state index contributed by atoms with van der Waals surface area (Å²) < 4.78 is 0. The summed E-state index contributed by atoms with van der Waals surface area (Å²) in [6.07, 6.45) is 2.73. The molecule has 18 heavy (non-hydrogen) atoms. The van der Waals surface area contributed by atoms with E-state index in [0.29, 0.717) is 11.7 Å². The molecule has 0 N–H and O–H groups in total. The third kappa shape index (κ3) is 3.28. The SMILES string of the molecule is Cc1c(CN2CCN(CC=O)CC2)ccnc1Cl. The Morgan fingerprint density at radius 1 is 1.33 bits per heavy atom. The van der Waals surface area contributed by atoms with Gasteiger partial charge in [-0.25, -0.2) is 4.98 Å².